The number of carbonyl (C=O) groups is 2. The Bertz CT molecular complexity index is 829. The smallest absolute Gasteiger partial charge is 0.258 e. The minimum atomic E-state index is -0.794. The lowest BCUT2D eigenvalue weighted by atomic mass is 10.1. The van der Waals surface area contributed by atoms with Crippen LogP contribution in [0.5, 0.6) is 0 Å². The lowest BCUT2D eigenvalue weighted by Gasteiger charge is -2.40. The Kier molecular flexibility index (Phi) is 6.44. The molecule has 1 amide bonds. The van der Waals surface area contributed by atoms with E-state index in [4.69, 9.17) is 28.9 Å². The molecule has 27 heavy (non-hydrogen) atoms. The molecule has 2 atom stereocenters. The fraction of sp³-hybridized carbons (Fsp3) is 0.353. The quantitative estimate of drug-likeness (QED) is 0.582. The van der Waals surface area contributed by atoms with E-state index in [2.05, 4.69) is 9.88 Å². The van der Waals surface area contributed by atoms with E-state index in [0.29, 0.717) is 26.2 Å². The molecule has 10 heteroatoms. The zero-order chi connectivity index (χ0) is 19.6. The summed E-state index contributed by atoms with van der Waals surface area (Å²) in [6.45, 7) is 1.76. The molecular weight excluding hydrogens is 414 g/mol. The van der Waals surface area contributed by atoms with Crippen LogP contribution < -0.4 is 5.73 Å². The number of hydrogen-bond acceptors (Lipinski definition) is 6. The van der Waals surface area contributed by atoms with Crippen LogP contribution in [0.3, 0.4) is 0 Å². The Labute approximate surface area is 169 Å². The number of pyridine rings is 1. The highest BCUT2D eigenvalue weighted by Crippen LogP contribution is 2.30. The number of rotatable bonds is 5. The highest BCUT2D eigenvalue weighted by Gasteiger charge is 2.33. The van der Waals surface area contributed by atoms with Crippen molar-refractivity contribution in [2.45, 2.75) is 12.1 Å². The Balaban J connectivity index is 1.74. The standard InChI is InChI=1S/C17H17Cl2FN4O2S/c18-14-10(20)8-22-16(19)13(14)17(26)24-5-3-23(4-6-24)15(11(21)9-25)12-2-1-7-27-12/h1-2,7-9,11,15H,3-6,21H2. The van der Waals surface area contributed by atoms with Gasteiger partial charge in [-0.25, -0.2) is 9.37 Å². The van der Waals surface area contributed by atoms with E-state index >= 15 is 0 Å². The molecular formula is C17H17Cl2FN4O2S. The number of aldehydes is 1. The molecule has 0 radical (unpaired) electrons. The number of amides is 1. The molecule has 2 aromatic rings. The number of thiophene rings is 1. The minimum Gasteiger partial charge on any atom is -0.336 e. The van der Waals surface area contributed by atoms with E-state index in [9.17, 15) is 14.0 Å². The van der Waals surface area contributed by atoms with Crippen LogP contribution in [0.4, 0.5) is 4.39 Å². The lowest BCUT2D eigenvalue weighted by molar-refractivity contribution is -0.110. The number of nitrogens with two attached hydrogens (primary N) is 1. The van der Waals surface area contributed by atoms with Crippen LogP contribution >= 0.6 is 34.5 Å². The van der Waals surface area contributed by atoms with Gasteiger partial charge in [0, 0.05) is 31.1 Å². The molecule has 3 heterocycles. The average molecular weight is 431 g/mol. The number of carbonyl (C=O) groups excluding carboxylic acids is 2. The van der Waals surface area contributed by atoms with Gasteiger partial charge in [0.25, 0.3) is 5.91 Å². The van der Waals surface area contributed by atoms with Gasteiger partial charge in [0.15, 0.2) is 5.82 Å². The number of nitrogens with zero attached hydrogens (tertiary/aromatic N) is 3. The Morgan fingerprint density at radius 3 is 2.63 bits per heavy atom. The normalized spacial score (nSPS) is 17.6. The van der Waals surface area contributed by atoms with E-state index in [0.717, 1.165) is 17.4 Å². The van der Waals surface area contributed by atoms with Gasteiger partial charge in [-0.2, -0.15) is 0 Å². The molecule has 1 aliphatic heterocycles. The predicted octanol–water partition coefficient (Wildman–Crippen LogP) is 2.61. The van der Waals surface area contributed by atoms with Crippen molar-refractivity contribution in [3.8, 4) is 0 Å². The zero-order valence-corrected chi connectivity index (χ0v) is 16.5. The van der Waals surface area contributed by atoms with Gasteiger partial charge in [-0.05, 0) is 11.4 Å². The van der Waals surface area contributed by atoms with Crippen molar-refractivity contribution in [3.63, 3.8) is 0 Å². The summed E-state index contributed by atoms with van der Waals surface area (Å²) >= 11 is 13.4. The molecule has 0 aromatic carbocycles. The van der Waals surface area contributed by atoms with Crippen molar-refractivity contribution in [2.75, 3.05) is 26.2 Å². The third kappa shape index (κ3) is 4.14. The molecule has 144 valence electrons. The maximum Gasteiger partial charge on any atom is 0.258 e. The molecule has 0 aliphatic carbocycles. The first-order valence-electron chi connectivity index (χ1n) is 8.21. The van der Waals surface area contributed by atoms with Crippen LogP contribution in [0.2, 0.25) is 10.2 Å². The summed E-state index contributed by atoms with van der Waals surface area (Å²) in [4.78, 5) is 32.3. The van der Waals surface area contributed by atoms with Gasteiger partial charge in [-0.3, -0.25) is 9.69 Å². The molecule has 1 saturated heterocycles. The number of aromatic nitrogens is 1. The molecule has 6 nitrogen and oxygen atoms in total. The molecule has 2 unspecified atom stereocenters. The van der Waals surface area contributed by atoms with Crippen LogP contribution in [0.25, 0.3) is 0 Å². The van der Waals surface area contributed by atoms with Gasteiger partial charge >= 0.3 is 0 Å². The van der Waals surface area contributed by atoms with Crippen molar-refractivity contribution in [1.29, 1.82) is 0 Å². The second kappa shape index (κ2) is 8.62. The highest BCUT2D eigenvalue weighted by atomic mass is 35.5. The van der Waals surface area contributed by atoms with E-state index in [1.165, 1.54) is 11.3 Å². The number of piperazine rings is 1. The maximum atomic E-state index is 13.7. The minimum absolute atomic E-state index is 0.131. The third-order valence-electron chi connectivity index (χ3n) is 4.49. The molecule has 0 saturated carbocycles. The van der Waals surface area contributed by atoms with Crippen molar-refractivity contribution in [2.24, 2.45) is 5.73 Å². The molecule has 1 fully saturated rings. The monoisotopic (exact) mass is 430 g/mol. The Morgan fingerprint density at radius 1 is 1.33 bits per heavy atom. The Hall–Kier alpha value is -1.58. The van der Waals surface area contributed by atoms with E-state index in [1.54, 1.807) is 4.90 Å². The Morgan fingerprint density at radius 2 is 2.04 bits per heavy atom. The number of halogens is 3. The zero-order valence-electron chi connectivity index (χ0n) is 14.1. The van der Waals surface area contributed by atoms with E-state index < -0.39 is 17.8 Å². The van der Waals surface area contributed by atoms with Crippen LogP contribution in [0, 0.1) is 5.82 Å². The summed E-state index contributed by atoms with van der Waals surface area (Å²) < 4.78 is 13.7. The first-order chi connectivity index (χ1) is 12.9. The lowest BCUT2D eigenvalue weighted by Crippen LogP contribution is -2.53. The highest BCUT2D eigenvalue weighted by molar-refractivity contribution is 7.10. The van der Waals surface area contributed by atoms with Crippen molar-refractivity contribution in [1.82, 2.24) is 14.8 Å². The SMILES string of the molecule is NC(C=O)C(c1cccs1)N1CCN(C(=O)c2c(Cl)ncc(F)c2Cl)CC1. The summed E-state index contributed by atoms with van der Waals surface area (Å²) in [7, 11) is 0. The molecule has 0 spiro atoms. The van der Waals surface area contributed by atoms with E-state index in [-0.39, 0.29) is 21.8 Å². The summed E-state index contributed by atoms with van der Waals surface area (Å²) in [6, 6.07) is 2.93. The predicted molar refractivity (Wildman–Crippen MR) is 103 cm³/mol. The van der Waals surface area contributed by atoms with Gasteiger partial charge in [0.2, 0.25) is 0 Å². The molecule has 2 aromatic heterocycles. The molecule has 0 bridgehead atoms. The summed E-state index contributed by atoms with van der Waals surface area (Å²) in [6.07, 6.45) is 1.62. The first-order valence-corrected chi connectivity index (χ1v) is 9.84. The summed E-state index contributed by atoms with van der Waals surface area (Å²) in [5, 5.41) is 1.47. The van der Waals surface area contributed by atoms with Crippen molar-refractivity contribution in [3.05, 3.63) is 50.1 Å². The molecule has 3 rings (SSSR count). The van der Waals surface area contributed by atoms with Gasteiger partial charge in [0.05, 0.1) is 28.9 Å². The van der Waals surface area contributed by atoms with Gasteiger partial charge in [-0.15, -0.1) is 11.3 Å². The summed E-state index contributed by atoms with van der Waals surface area (Å²) in [5.74, 6) is -1.26. The fourth-order valence-electron chi connectivity index (χ4n) is 3.13. The van der Waals surface area contributed by atoms with Crippen LogP contribution in [0.15, 0.2) is 23.7 Å². The van der Waals surface area contributed by atoms with Crippen LogP contribution in [-0.4, -0.2) is 59.2 Å². The summed E-state index contributed by atoms with van der Waals surface area (Å²) in [5.41, 5.74) is 5.88. The van der Waals surface area contributed by atoms with Crippen molar-refractivity contribution < 1.29 is 14.0 Å². The van der Waals surface area contributed by atoms with Gasteiger partial charge in [-0.1, -0.05) is 29.3 Å². The van der Waals surface area contributed by atoms with Crippen LogP contribution in [0.1, 0.15) is 21.3 Å². The van der Waals surface area contributed by atoms with Gasteiger partial charge < -0.3 is 15.4 Å². The average Bonchev–Trinajstić information content (AvgIpc) is 3.19. The van der Waals surface area contributed by atoms with Crippen LogP contribution in [-0.2, 0) is 4.79 Å². The maximum absolute atomic E-state index is 13.7. The van der Waals surface area contributed by atoms with E-state index in [1.807, 2.05) is 17.5 Å². The number of hydrogen-bond donors (Lipinski definition) is 1. The third-order valence-corrected chi connectivity index (χ3v) is 6.09. The second-order valence-corrected chi connectivity index (χ2v) is 7.80. The molecule has 2 N–H and O–H groups in total. The topological polar surface area (TPSA) is 79.5 Å². The second-order valence-electron chi connectivity index (χ2n) is 6.09. The van der Waals surface area contributed by atoms with Crippen molar-refractivity contribution >= 4 is 46.7 Å². The fourth-order valence-corrected chi connectivity index (χ4v) is 4.54. The molecule has 1 aliphatic rings. The largest absolute Gasteiger partial charge is 0.336 e. The first kappa shape index (κ1) is 20.2. The van der Waals surface area contributed by atoms with Gasteiger partial charge in [0.1, 0.15) is 11.4 Å².